The molecule has 5 nitrogen and oxygen atoms in total. The monoisotopic (exact) mass is 525 g/mol. The lowest BCUT2D eigenvalue weighted by molar-refractivity contribution is -0.114. The van der Waals surface area contributed by atoms with Gasteiger partial charge in [0.05, 0.1) is 22.9 Å². The fourth-order valence-corrected chi connectivity index (χ4v) is 4.86. The number of pyridine rings is 1. The normalized spacial score (nSPS) is 12.9. The summed E-state index contributed by atoms with van der Waals surface area (Å²) in [6.07, 6.45) is 3.20. The molecule has 2 aromatic rings. The van der Waals surface area contributed by atoms with Gasteiger partial charge in [-0.15, -0.1) is 11.8 Å². The topological polar surface area (TPSA) is 63.6 Å². The molecule has 0 saturated heterocycles. The number of methoxy groups -OCH3 is 1. The molecule has 0 aliphatic heterocycles. The fourth-order valence-electron chi connectivity index (χ4n) is 3.16. The van der Waals surface area contributed by atoms with Crippen LogP contribution < -0.4 is 10.1 Å². The van der Waals surface area contributed by atoms with Crippen molar-refractivity contribution in [2.24, 2.45) is 16.8 Å². The van der Waals surface area contributed by atoms with Crippen molar-refractivity contribution < 1.29 is 9.53 Å². The lowest BCUT2D eigenvalue weighted by Crippen LogP contribution is -2.27. The zero-order valence-electron chi connectivity index (χ0n) is 19.1. The van der Waals surface area contributed by atoms with E-state index in [-0.39, 0.29) is 11.4 Å². The Morgan fingerprint density at radius 1 is 1.27 bits per heavy atom. The molecule has 0 spiro atoms. The molecule has 0 radical (unpaired) electrons. The highest BCUT2D eigenvalue weighted by atomic mass is 35.5. The summed E-state index contributed by atoms with van der Waals surface area (Å²) >= 11 is 14.0. The van der Waals surface area contributed by atoms with E-state index in [9.17, 15) is 4.79 Å². The minimum atomic E-state index is -0.171. The van der Waals surface area contributed by atoms with Crippen molar-refractivity contribution in [2.45, 2.75) is 26.7 Å². The van der Waals surface area contributed by atoms with Gasteiger partial charge in [-0.3, -0.25) is 9.79 Å². The van der Waals surface area contributed by atoms with Crippen LogP contribution in [0.2, 0.25) is 10.0 Å². The second-order valence-electron chi connectivity index (χ2n) is 7.91. The van der Waals surface area contributed by atoms with Gasteiger partial charge in [-0.25, -0.2) is 4.98 Å². The molecule has 2 rings (SSSR count). The maximum absolute atomic E-state index is 12.2. The number of benzene rings is 1. The second-order valence-corrected chi connectivity index (χ2v) is 10.4. The highest BCUT2D eigenvalue weighted by Crippen LogP contribution is 2.34. The van der Waals surface area contributed by atoms with E-state index in [1.165, 1.54) is 0 Å². The quantitative estimate of drug-likeness (QED) is 0.143. The van der Waals surface area contributed by atoms with Gasteiger partial charge in [0.25, 0.3) is 0 Å². The van der Waals surface area contributed by atoms with E-state index in [1.807, 2.05) is 18.2 Å². The van der Waals surface area contributed by atoms with Crippen molar-refractivity contribution in [1.29, 1.82) is 0 Å². The molecular weight excluding hydrogens is 496 g/mol. The molecule has 0 bridgehead atoms. The number of nitrogens with one attached hydrogen (secondary N) is 1. The van der Waals surface area contributed by atoms with Crippen LogP contribution in [0.25, 0.3) is 5.70 Å². The van der Waals surface area contributed by atoms with Crippen molar-refractivity contribution in [1.82, 2.24) is 10.3 Å². The van der Waals surface area contributed by atoms with Crippen LogP contribution in [0.4, 0.5) is 0 Å². The number of allylic oxidation sites excluding steroid dienone is 1. The third-order valence-corrected chi connectivity index (χ3v) is 7.11. The SMILES string of the molecule is C=N/C(=C(/CC(C)C)SCNCC(Cc1ccc(OC)nc1)C(=O)P)c1ccc(Cl)c(Cl)c1. The zero-order valence-corrected chi connectivity index (χ0v) is 22.6. The molecule has 33 heavy (non-hydrogen) atoms. The number of hydrogen-bond donors (Lipinski definition) is 1. The minimum absolute atomic E-state index is 0.0607. The fraction of sp³-hybridized carbons (Fsp3) is 0.375. The van der Waals surface area contributed by atoms with E-state index in [0.29, 0.717) is 40.7 Å². The van der Waals surface area contributed by atoms with E-state index in [1.54, 1.807) is 37.2 Å². The Bertz CT molecular complexity index is 984. The average molecular weight is 526 g/mol. The average Bonchev–Trinajstić information content (AvgIpc) is 2.78. The van der Waals surface area contributed by atoms with Crippen LogP contribution in [0.15, 0.2) is 46.4 Å². The highest BCUT2D eigenvalue weighted by molar-refractivity contribution is 8.03. The van der Waals surface area contributed by atoms with E-state index >= 15 is 0 Å². The summed E-state index contributed by atoms with van der Waals surface area (Å²) in [6.45, 7) is 8.66. The number of nitrogens with zero attached hydrogens (tertiary/aromatic N) is 2. The van der Waals surface area contributed by atoms with Gasteiger partial charge in [-0.1, -0.05) is 58.4 Å². The molecule has 1 heterocycles. The Kier molecular flexibility index (Phi) is 11.9. The molecule has 178 valence electrons. The van der Waals surface area contributed by atoms with Crippen LogP contribution in [0.3, 0.4) is 0 Å². The predicted octanol–water partition coefficient (Wildman–Crippen LogP) is 6.35. The summed E-state index contributed by atoms with van der Waals surface area (Å²) < 4.78 is 5.10. The lowest BCUT2D eigenvalue weighted by Gasteiger charge is -2.17. The standard InChI is InChI=1S/C24H30Cl2N3O2PS/c1-15(2)9-21(23(27-3)17-6-7-19(25)20(26)11-17)33-14-28-13-18(24(30)32)10-16-5-8-22(31-4)29-12-16/h5-8,11-12,15,18,28H,3,9-10,13-14,32H2,1-2,4H3/b23-21-. The first-order chi connectivity index (χ1) is 15.7. The molecule has 0 aliphatic rings. The van der Waals surface area contributed by atoms with Crippen LogP contribution in [0.1, 0.15) is 31.4 Å². The second kappa shape index (κ2) is 14.1. The van der Waals surface area contributed by atoms with Crippen LogP contribution in [-0.2, 0) is 11.2 Å². The van der Waals surface area contributed by atoms with Gasteiger partial charge < -0.3 is 10.1 Å². The molecule has 0 amide bonds. The molecule has 2 unspecified atom stereocenters. The first-order valence-electron chi connectivity index (χ1n) is 10.5. The molecule has 2 atom stereocenters. The number of aromatic nitrogens is 1. The number of halogens is 2. The van der Waals surface area contributed by atoms with Crippen molar-refractivity contribution in [3.8, 4) is 5.88 Å². The molecule has 1 N–H and O–H groups in total. The van der Waals surface area contributed by atoms with Crippen molar-refractivity contribution in [3.63, 3.8) is 0 Å². The summed E-state index contributed by atoms with van der Waals surface area (Å²) in [7, 11) is 3.88. The van der Waals surface area contributed by atoms with Crippen LogP contribution in [0.5, 0.6) is 5.88 Å². The van der Waals surface area contributed by atoms with Gasteiger partial charge in [0.2, 0.25) is 5.88 Å². The van der Waals surface area contributed by atoms with Crippen molar-refractivity contribution in [3.05, 3.63) is 62.6 Å². The Labute approximate surface area is 213 Å². The number of rotatable bonds is 13. The van der Waals surface area contributed by atoms with Crippen LogP contribution in [-0.4, -0.2) is 36.8 Å². The Balaban J connectivity index is 2.06. The molecule has 0 aliphatic carbocycles. The van der Waals surface area contributed by atoms with Gasteiger partial charge in [0, 0.05) is 41.1 Å². The Hall–Kier alpha value is -1.43. The maximum Gasteiger partial charge on any atom is 0.212 e. The largest absolute Gasteiger partial charge is 0.481 e. The van der Waals surface area contributed by atoms with Crippen molar-refractivity contribution in [2.75, 3.05) is 19.5 Å². The molecule has 0 fully saturated rings. The summed E-state index contributed by atoms with van der Waals surface area (Å²) in [5, 5.41) is 4.39. The lowest BCUT2D eigenvalue weighted by atomic mass is 10.0. The van der Waals surface area contributed by atoms with E-state index in [4.69, 9.17) is 27.9 Å². The molecule has 1 aromatic heterocycles. The summed E-state index contributed by atoms with van der Waals surface area (Å²) in [5.41, 5.74) is 2.74. The van der Waals surface area contributed by atoms with Gasteiger partial charge in [-0.2, -0.15) is 0 Å². The third-order valence-electron chi connectivity index (χ3n) is 4.84. The van der Waals surface area contributed by atoms with Gasteiger partial charge in [0.1, 0.15) is 0 Å². The van der Waals surface area contributed by atoms with E-state index in [0.717, 1.165) is 28.1 Å². The first-order valence-corrected chi connectivity index (χ1v) is 12.8. The van der Waals surface area contributed by atoms with E-state index < -0.39 is 0 Å². The number of carbonyl (C=O) groups is 1. The number of carbonyl (C=O) groups excluding carboxylic acids is 1. The first kappa shape index (κ1) is 27.8. The predicted molar refractivity (Wildman–Crippen MR) is 146 cm³/mol. The zero-order chi connectivity index (χ0) is 24.4. The van der Waals surface area contributed by atoms with Gasteiger partial charge >= 0.3 is 0 Å². The smallest absolute Gasteiger partial charge is 0.212 e. The maximum atomic E-state index is 12.2. The minimum Gasteiger partial charge on any atom is -0.481 e. The van der Waals surface area contributed by atoms with Gasteiger partial charge in [0.15, 0.2) is 5.52 Å². The number of thioether (sulfide) groups is 1. The Morgan fingerprint density at radius 3 is 2.58 bits per heavy atom. The Morgan fingerprint density at radius 2 is 2.03 bits per heavy atom. The molecule has 9 heteroatoms. The molecule has 0 saturated carbocycles. The van der Waals surface area contributed by atoms with Crippen molar-refractivity contribution >= 4 is 62.1 Å². The van der Waals surface area contributed by atoms with Gasteiger partial charge in [-0.05, 0) is 43.2 Å². The van der Waals surface area contributed by atoms with E-state index in [2.05, 4.69) is 45.1 Å². The summed E-state index contributed by atoms with van der Waals surface area (Å²) in [6, 6.07) is 9.22. The van der Waals surface area contributed by atoms with Crippen LogP contribution >= 0.6 is 44.2 Å². The summed E-state index contributed by atoms with van der Waals surface area (Å²) in [4.78, 5) is 21.8. The molecule has 1 aromatic carbocycles. The summed E-state index contributed by atoms with van der Waals surface area (Å²) in [5.74, 6) is 1.46. The number of ether oxygens (including phenoxy) is 1. The molecular formula is C24H30Cl2N3O2PS. The third kappa shape index (κ3) is 9.03. The number of hydrogen-bond acceptors (Lipinski definition) is 6. The highest BCUT2D eigenvalue weighted by Gasteiger charge is 2.17. The van der Waals surface area contributed by atoms with Crippen LogP contribution in [0, 0.1) is 11.8 Å². The number of aliphatic imine (C=N–C) groups is 1.